The summed E-state index contributed by atoms with van der Waals surface area (Å²) in [5.41, 5.74) is 6.65. The van der Waals surface area contributed by atoms with Crippen LogP contribution in [-0.2, 0) is 6.54 Å². The van der Waals surface area contributed by atoms with Crippen LogP contribution in [0.3, 0.4) is 0 Å². The van der Waals surface area contributed by atoms with Gasteiger partial charge in [-0.2, -0.15) is 0 Å². The third kappa shape index (κ3) is 4.51. The van der Waals surface area contributed by atoms with Crippen molar-refractivity contribution in [2.24, 2.45) is 5.73 Å². The molecule has 20 heavy (non-hydrogen) atoms. The Kier molecular flexibility index (Phi) is 5.88. The van der Waals surface area contributed by atoms with Crippen LogP contribution < -0.4 is 15.2 Å². The van der Waals surface area contributed by atoms with Gasteiger partial charge in [0.1, 0.15) is 24.7 Å². The van der Waals surface area contributed by atoms with E-state index < -0.39 is 0 Å². The van der Waals surface area contributed by atoms with E-state index in [1.165, 1.54) is 0 Å². The summed E-state index contributed by atoms with van der Waals surface area (Å²) in [7, 11) is 0. The molecule has 0 radical (unpaired) electrons. The zero-order valence-corrected chi connectivity index (χ0v) is 14.0. The van der Waals surface area contributed by atoms with Crippen LogP contribution in [0.15, 0.2) is 51.4 Å². The molecular formula is C15H15Br2NO2. The van der Waals surface area contributed by atoms with Gasteiger partial charge in [-0.1, -0.05) is 22.0 Å². The summed E-state index contributed by atoms with van der Waals surface area (Å²) in [6, 6.07) is 13.5. The van der Waals surface area contributed by atoms with E-state index in [2.05, 4.69) is 31.9 Å². The molecule has 3 nitrogen and oxygen atoms in total. The van der Waals surface area contributed by atoms with Crippen LogP contribution in [0.2, 0.25) is 0 Å². The molecular weight excluding hydrogens is 386 g/mol. The summed E-state index contributed by atoms with van der Waals surface area (Å²) in [5.74, 6) is 1.62. The van der Waals surface area contributed by atoms with Crippen molar-refractivity contribution in [2.45, 2.75) is 6.54 Å². The van der Waals surface area contributed by atoms with E-state index in [0.717, 1.165) is 26.0 Å². The normalized spacial score (nSPS) is 10.3. The molecule has 106 valence electrons. The van der Waals surface area contributed by atoms with Gasteiger partial charge < -0.3 is 15.2 Å². The first-order chi connectivity index (χ1) is 9.69. The van der Waals surface area contributed by atoms with Crippen LogP contribution in [0.4, 0.5) is 0 Å². The van der Waals surface area contributed by atoms with Crippen molar-refractivity contribution >= 4 is 31.9 Å². The van der Waals surface area contributed by atoms with Crippen molar-refractivity contribution in [3.05, 3.63) is 57.0 Å². The van der Waals surface area contributed by atoms with E-state index in [4.69, 9.17) is 15.2 Å². The number of benzene rings is 2. The number of rotatable bonds is 6. The molecule has 0 aliphatic carbocycles. The highest BCUT2D eigenvalue weighted by Crippen LogP contribution is 2.25. The number of halogens is 2. The SMILES string of the molecule is NCc1ccc(OCCOc2ccc(Br)cc2)c(Br)c1. The van der Waals surface area contributed by atoms with Crippen molar-refractivity contribution < 1.29 is 9.47 Å². The number of nitrogens with two attached hydrogens (primary N) is 1. The quantitative estimate of drug-likeness (QED) is 0.741. The van der Waals surface area contributed by atoms with Crippen LogP contribution in [0, 0.1) is 0 Å². The Morgan fingerprint density at radius 2 is 1.60 bits per heavy atom. The monoisotopic (exact) mass is 399 g/mol. The fourth-order valence-electron chi connectivity index (χ4n) is 1.63. The topological polar surface area (TPSA) is 44.5 Å². The highest BCUT2D eigenvalue weighted by atomic mass is 79.9. The summed E-state index contributed by atoms with van der Waals surface area (Å²) < 4.78 is 13.2. The molecule has 2 rings (SSSR count). The van der Waals surface area contributed by atoms with Crippen molar-refractivity contribution in [1.29, 1.82) is 0 Å². The van der Waals surface area contributed by atoms with E-state index >= 15 is 0 Å². The van der Waals surface area contributed by atoms with Gasteiger partial charge in [0.15, 0.2) is 0 Å². The number of ether oxygens (including phenoxy) is 2. The van der Waals surface area contributed by atoms with Gasteiger partial charge in [0.05, 0.1) is 4.47 Å². The molecule has 0 unspecified atom stereocenters. The van der Waals surface area contributed by atoms with Crippen molar-refractivity contribution in [3.8, 4) is 11.5 Å². The lowest BCUT2D eigenvalue weighted by Crippen LogP contribution is -2.09. The van der Waals surface area contributed by atoms with Crippen LogP contribution in [0.1, 0.15) is 5.56 Å². The molecule has 0 aromatic heterocycles. The third-order valence-corrected chi connectivity index (χ3v) is 3.80. The first-order valence-electron chi connectivity index (χ1n) is 6.18. The summed E-state index contributed by atoms with van der Waals surface area (Å²) in [5, 5.41) is 0. The Morgan fingerprint density at radius 1 is 0.900 bits per heavy atom. The first-order valence-corrected chi connectivity index (χ1v) is 7.77. The van der Waals surface area contributed by atoms with E-state index in [-0.39, 0.29) is 0 Å². The maximum atomic E-state index is 5.66. The molecule has 0 spiro atoms. The van der Waals surface area contributed by atoms with Gasteiger partial charge in [0.2, 0.25) is 0 Å². The van der Waals surface area contributed by atoms with Gasteiger partial charge in [-0.05, 0) is 57.9 Å². The maximum Gasteiger partial charge on any atom is 0.133 e. The molecule has 2 aromatic rings. The van der Waals surface area contributed by atoms with E-state index in [0.29, 0.717) is 19.8 Å². The summed E-state index contributed by atoms with van der Waals surface area (Å²) in [4.78, 5) is 0. The fourth-order valence-corrected chi connectivity index (χ4v) is 2.44. The van der Waals surface area contributed by atoms with Crippen molar-refractivity contribution in [3.63, 3.8) is 0 Å². The lowest BCUT2D eigenvalue weighted by molar-refractivity contribution is 0.216. The first kappa shape index (κ1) is 15.4. The molecule has 2 aromatic carbocycles. The minimum Gasteiger partial charge on any atom is -0.490 e. The highest BCUT2D eigenvalue weighted by Gasteiger charge is 2.02. The minimum atomic E-state index is 0.483. The molecule has 0 saturated carbocycles. The summed E-state index contributed by atoms with van der Waals surface area (Å²) >= 11 is 6.85. The standard InChI is InChI=1S/C15H15Br2NO2/c16-12-2-4-13(5-3-12)19-7-8-20-15-6-1-11(10-18)9-14(15)17/h1-6,9H,7-8,10,18H2. The predicted octanol–water partition coefficient (Wildman–Crippen LogP) is 4.13. The van der Waals surface area contributed by atoms with Gasteiger partial charge in [-0.25, -0.2) is 0 Å². The average Bonchev–Trinajstić information content (AvgIpc) is 2.46. The second kappa shape index (κ2) is 7.67. The molecule has 0 fully saturated rings. The smallest absolute Gasteiger partial charge is 0.133 e. The Bertz CT molecular complexity index is 558. The van der Waals surface area contributed by atoms with Crippen LogP contribution in [0.5, 0.6) is 11.5 Å². The fraction of sp³-hybridized carbons (Fsp3) is 0.200. The van der Waals surface area contributed by atoms with E-state index in [1.807, 2.05) is 42.5 Å². The maximum absolute atomic E-state index is 5.66. The summed E-state index contributed by atoms with van der Waals surface area (Å²) in [6.07, 6.45) is 0. The zero-order valence-electron chi connectivity index (χ0n) is 10.8. The largest absolute Gasteiger partial charge is 0.490 e. The van der Waals surface area contributed by atoms with Crippen LogP contribution in [-0.4, -0.2) is 13.2 Å². The Labute approximate surface area is 135 Å². The van der Waals surface area contributed by atoms with Gasteiger partial charge in [0.25, 0.3) is 0 Å². The zero-order chi connectivity index (χ0) is 14.4. The molecule has 0 amide bonds. The Hall–Kier alpha value is -1.04. The molecule has 5 heteroatoms. The second-order valence-corrected chi connectivity index (χ2v) is 5.89. The van der Waals surface area contributed by atoms with Crippen molar-refractivity contribution in [2.75, 3.05) is 13.2 Å². The number of hydrogen-bond donors (Lipinski definition) is 1. The molecule has 0 bridgehead atoms. The van der Waals surface area contributed by atoms with Gasteiger partial charge >= 0.3 is 0 Å². The highest BCUT2D eigenvalue weighted by molar-refractivity contribution is 9.10. The summed E-state index contributed by atoms with van der Waals surface area (Å²) in [6.45, 7) is 1.49. The number of hydrogen-bond acceptors (Lipinski definition) is 3. The molecule has 0 heterocycles. The molecule has 0 atom stereocenters. The molecule has 0 aliphatic heterocycles. The Balaban J connectivity index is 1.79. The van der Waals surface area contributed by atoms with E-state index in [9.17, 15) is 0 Å². The van der Waals surface area contributed by atoms with Gasteiger partial charge in [-0.3, -0.25) is 0 Å². The van der Waals surface area contributed by atoms with Crippen LogP contribution in [0.25, 0.3) is 0 Å². The van der Waals surface area contributed by atoms with Gasteiger partial charge in [-0.15, -0.1) is 0 Å². The molecule has 2 N–H and O–H groups in total. The van der Waals surface area contributed by atoms with Crippen molar-refractivity contribution in [1.82, 2.24) is 0 Å². The van der Waals surface area contributed by atoms with E-state index in [1.54, 1.807) is 0 Å². The minimum absolute atomic E-state index is 0.483. The third-order valence-electron chi connectivity index (χ3n) is 2.66. The molecule has 0 aliphatic rings. The van der Waals surface area contributed by atoms with Gasteiger partial charge in [0, 0.05) is 11.0 Å². The average molecular weight is 401 g/mol. The molecule has 0 saturated heterocycles. The second-order valence-electron chi connectivity index (χ2n) is 4.12. The lowest BCUT2D eigenvalue weighted by atomic mass is 10.2. The predicted molar refractivity (Wildman–Crippen MR) is 87.2 cm³/mol. The Morgan fingerprint density at radius 3 is 2.25 bits per heavy atom. The lowest BCUT2D eigenvalue weighted by Gasteiger charge is -2.10. The van der Waals surface area contributed by atoms with Crippen LogP contribution >= 0.6 is 31.9 Å².